The van der Waals surface area contributed by atoms with Gasteiger partial charge in [0.25, 0.3) is 0 Å². The molecule has 3 rings (SSSR count). The van der Waals surface area contributed by atoms with Crippen LogP contribution in [0.25, 0.3) is 0 Å². The van der Waals surface area contributed by atoms with Crippen molar-refractivity contribution in [2.75, 3.05) is 0 Å². The quantitative estimate of drug-likeness (QED) is 0.464. The molecule has 0 aliphatic heterocycles. The predicted molar refractivity (Wildman–Crippen MR) is 101 cm³/mol. The van der Waals surface area contributed by atoms with Crippen LogP contribution < -0.4 is 0 Å². The number of carbonyl (C=O) groups is 2. The minimum atomic E-state index is -0.615. The van der Waals surface area contributed by atoms with E-state index >= 15 is 0 Å². The van der Waals surface area contributed by atoms with Gasteiger partial charge in [-0.2, -0.15) is 0 Å². The maximum Gasteiger partial charge on any atom is 0.330 e. The zero-order valence-corrected chi connectivity index (χ0v) is 14.8. The number of aliphatic hydroxyl groups excluding tert-OH is 1. The lowest BCUT2D eigenvalue weighted by Crippen LogP contribution is -2.11. The molecule has 2 aromatic carbocycles. The molecule has 1 aliphatic rings. The van der Waals surface area contributed by atoms with E-state index in [2.05, 4.69) is 6.58 Å². The number of aromatic hydroxyl groups is 1. The maximum atomic E-state index is 12.8. The molecule has 0 aromatic heterocycles. The van der Waals surface area contributed by atoms with Gasteiger partial charge in [-0.05, 0) is 36.6 Å². The topological polar surface area (TPSA) is 83.8 Å². The summed E-state index contributed by atoms with van der Waals surface area (Å²) in [6, 6.07) is 11.4. The van der Waals surface area contributed by atoms with E-state index in [9.17, 15) is 19.8 Å². The lowest BCUT2D eigenvalue weighted by Gasteiger charge is -2.15. The molecular formula is C22H22O5. The molecule has 2 N–H and O–H groups in total. The number of ketones is 1. The SMILES string of the molecule is [2H]C1CC(O)C(c2ccc(C(=O)c3ccc(O)c(COC(=O)C=C)c3)cc2)C1. The van der Waals surface area contributed by atoms with Crippen molar-refractivity contribution in [1.29, 1.82) is 0 Å². The molecule has 0 spiro atoms. The van der Waals surface area contributed by atoms with E-state index in [0.717, 1.165) is 11.6 Å². The first-order chi connectivity index (χ1) is 13.4. The van der Waals surface area contributed by atoms with E-state index in [4.69, 9.17) is 6.11 Å². The minimum absolute atomic E-state index is 0.0658. The Morgan fingerprint density at radius 1 is 1.19 bits per heavy atom. The highest BCUT2D eigenvalue weighted by Crippen LogP contribution is 2.34. The average Bonchev–Trinajstić information content (AvgIpc) is 3.04. The molecule has 0 amide bonds. The zero-order chi connectivity index (χ0) is 20.3. The molecule has 3 atom stereocenters. The lowest BCUT2D eigenvalue weighted by atomic mass is 9.93. The van der Waals surface area contributed by atoms with Crippen LogP contribution in [0.4, 0.5) is 0 Å². The Balaban J connectivity index is 1.76. The number of carbonyl (C=O) groups excluding carboxylic acids is 2. The Hall–Kier alpha value is -2.92. The van der Waals surface area contributed by atoms with Gasteiger partial charge in [-0.25, -0.2) is 4.79 Å². The highest BCUT2D eigenvalue weighted by molar-refractivity contribution is 6.09. The zero-order valence-electron chi connectivity index (χ0n) is 15.8. The molecule has 3 unspecified atom stereocenters. The maximum absolute atomic E-state index is 12.8. The summed E-state index contributed by atoms with van der Waals surface area (Å²) in [6.07, 6.45) is 1.32. The van der Waals surface area contributed by atoms with E-state index < -0.39 is 12.1 Å². The second kappa shape index (κ2) is 8.18. The largest absolute Gasteiger partial charge is 0.508 e. The van der Waals surface area contributed by atoms with Gasteiger partial charge in [-0.3, -0.25) is 4.79 Å². The molecule has 1 fully saturated rings. The van der Waals surface area contributed by atoms with Gasteiger partial charge < -0.3 is 14.9 Å². The normalized spacial score (nSPS) is 22.1. The number of aliphatic hydroxyl groups is 1. The molecule has 0 bridgehead atoms. The van der Waals surface area contributed by atoms with Crippen molar-refractivity contribution in [3.63, 3.8) is 0 Å². The van der Waals surface area contributed by atoms with Crippen molar-refractivity contribution in [3.05, 3.63) is 77.4 Å². The first kappa shape index (κ1) is 17.5. The summed E-state index contributed by atoms with van der Waals surface area (Å²) in [5.41, 5.74) is 2.08. The third kappa shape index (κ3) is 4.26. The van der Waals surface area contributed by atoms with Crippen molar-refractivity contribution >= 4 is 11.8 Å². The summed E-state index contributed by atoms with van der Waals surface area (Å²) in [5, 5.41) is 20.0. The Morgan fingerprint density at radius 3 is 2.52 bits per heavy atom. The number of esters is 1. The fraction of sp³-hybridized carbons (Fsp3) is 0.273. The first-order valence-corrected chi connectivity index (χ1v) is 8.75. The number of ether oxygens (including phenoxy) is 1. The minimum Gasteiger partial charge on any atom is -0.508 e. The van der Waals surface area contributed by atoms with Crippen molar-refractivity contribution in [3.8, 4) is 5.75 Å². The Bertz CT molecular complexity index is 890. The van der Waals surface area contributed by atoms with Crippen molar-refractivity contribution in [1.82, 2.24) is 0 Å². The number of benzene rings is 2. The van der Waals surface area contributed by atoms with Crippen LogP contribution in [0.2, 0.25) is 0 Å². The van der Waals surface area contributed by atoms with E-state index in [0.29, 0.717) is 29.5 Å². The molecular weight excluding hydrogens is 344 g/mol. The number of hydrogen-bond acceptors (Lipinski definition) is 5. The number of rotatable bonds is 6. The standard InChI is InChI=1S/C22H22O5/c1-2-21(25)27-13-17-12-16(10-11-19(17)23)22(26)15-8-6-14(7-9-15)18-4-3-5-20(18)24/h2,6-12,18,20,23-24H,1,3-5,13H2/i3D. The lowest BCUT2D eigenvalue weighted by molar-refractivity contribution is -0.139. The molecule has 0 saturated heterocycles. The van der Waals surface area contributed by atoms with E-state index in [-0.39, 0.29) is 30.5 Å². The molecule has 5 heteroatoms. The fourth-order valence-corrected chi connectivity index (χ4v) is 3.22. The monoisotopic (exact) mass is 367 g/mol. The summed E-state index contributed by atoms with van der Waals surface area (Å²) in [5.74, 6) is -0.987. The van der Waals surface area contributed by atoms with Gasteiger partial charge in [-0.15, -0.1) is 0 Å². The van der Waals surface area contributed by atoms with Gasteiger partial charge in [0.05, 0.1) is 6.10 Å². The summed E-state index contributed by atoms with van der Waals surface area (Å²) in [6.45, 7) is 3.15. The van der Waals surface area contributed by atoms with Crippen LogP contribution in [-0.2, 0) is 16.1 Å². The number of phenols is 1. The third-order valence-electron chi connectivity index (χ3n) is 4.77. The molecule has 0 radical (unpaired) electrons. The molecule has 5 nitrogen and oxygen atoms in total. The van der Waals surface area contributed by atoms with Crippen LogP contribution >= 0.6 is 0 Å². The van der Waals surface area contributed by atoms with Gasteiger partial charge in [0.1, 0.15) is 12.4 Å². The van der Waals surface area contributed by atoms with Crippen molar-refractivity contribution in [2.24, 2.45) is 0 Å². The van der Waals surface area contributed by atoms with Crippen LogP contribution in [0.15, 0.2) is 55.1 Å². The van der Waals surface area contributed by atoms with Crippen molar-refractivity contribution < 1.29 is 25.9 Å². The molecule has 140 valence electrons. The van der Waals surface area contributed by atoms with Gasteiger partial charge in [0.15, 0.2) is 5.78 Å². The first-order valence-electron chi connectivity index (χ1n) is 9.33. The second-order valence-electron chi connectivity index (χ2n) is 6.54. The molecule has 2 aromatic rings. The van der Waals surface area contributed by atoms with Gasteiger partial charge >= 0.3 is 5.97 Å². The summed E-state index contributed by atoms with van der Waals surface area (Å²) >= 11 is 0. The highest BCUT2D eigenvalue weighted by Gasteiger charge is 2.26. The third-order valence-corrected chi connectivity index (χ3v) is 4.77. The van der Waals surface area contributed by atoms with E-state index in [1.165, 1.54) is 18.2 Å². The van der Waals surface area contributed by atoms with Crippen LogP contribution in [0.5, 0.6) is 5.75 Å². The Morgan fingerprint density at radius 2 is 1.89 bits per heavy atom. The van der Waals surface area contributed by atoms with Gasteiger partial charge in [-0.1, -0.05) is 37.2 Å². The number of phenolic OH excluding ortho intramolecular Hbond substituents is 1. The Kier molecular flexibility index (Phi) is 5.30. The smallest absolute Gasteiger partial charge is 0.330 e. The Labute approximate surface area is 159 Å². The van der Waals surface area contributed by atoms with Crippen LogP contribution in [0.1, 0.15) is 53.6 Å². The second-order valence-corrected chi connectivity index (χ2v) is 6.54. The van der Waals surface area contributed by atoms with E-state index in [1.807, 2.05) is 12.1 Å². The molecule has 1 aliphatic carbocycles. The highest BCUT2D eigenvalue weighted by atomic mass is 16.5. The molecule has 0 heterocycles. The summed E-state index contributed by atoms with van der Waals surface area (Å²) in [4.78, 5) is 24.0. The van der Waals surface area contributed by atoms with Gasteiger partial charge in [0, 0.05) is 30.1 Å². The van der Waals surface area contributed by atoms with Crippen LogP contribution in [-0.4, -0.2) is 28.1 Å². The fourth-order valence-electron chi connectivity index (χ4n) is 3.22. The van der Waals surface area contributed by atoms with E-state index in [1.54, 1.807) is 12.1 Å². The van der Waals surface area contributed by atoms with Crippen LogP contribution in [0.3, 0.4) is 0 Å². The average molecular weight is 367 g/mol. The van der Waals surface area contributed by atoms with Crippen LogP contribution in [0, 0.1) is 0 Å². The molecule has 27 heavy (non-hydrogen) atoms. The summed E-state index contributed by atoms with van der Waals surface area (Å²) in [7, 11) is 0. The summed E-state index contributed by atoms with van der Waals surface area (Å²) < 4.78 is 12.7. The predicted octanol–water partition coefficient (Wildman–Crippen LogP) is 3.48. The van der Waals surface area contributed by atoms with Gasteiger partial charge in [0.2, 0.25) is 0 Å². The molecule has 1 saturated carbocycles. The number of hydrogen-bond donors (Lipinski definition) is 2. The van der Waals surface area contributed by atoms with Crippen molar-refractivity contribution in [2.45, 2.75) is 37.9 Å².